The zero-order valence-corrected chi connectivity index (χ0v) is 10.8. The normalized spacial score (nSPS) is 12.3. The van der Waals surface area contributed by atoms with E-state index in [9.17, 15) is 0 Å². The third-order valence-corrected chi connectivity index (χ3v) is 2.57. The fourth-order valence-corrected chi connectivity index (χ4v) is 1.82. The number of hydrogen-bond donors (Lipinski definition) is 0. The second-order valence-corrected chi connectivity index (χ2v) is 5.87. The van der Waals surface area contributed by atoms with Gasteiger partial charge in [0.1, 0.15) is 5.52 Å². The van der Waals surface area contributed by atoms with Gasteiger partial charge in [-0.1, -0.05) is 36.7 Å². The molecule has 0 bridgehead atoms. The summed E-state index contributed by atoms with van der Waals surface area (Å²) in [6.07, 6.45) is 0.860. The van der Waals surface area contributed by atoms with Crippen molar-refractivity contribution in [1.82, 2.24) is 4.98 Å². The molecular formula is C12H14BrNO. The van der Waals surface area contributed by atoms with E-state index in [0.717, 1.165) is 27.9 Å². The lowest BCUT2D eigenvalue weighted by Crippen LogP contribution is -2.09. The summed E-state index contributed by atoms with van der Waals surface area (Å²) in [7, 11) is 0. The molecule has 3 heteroatoms. The highest BCUT2D eigenvalue weighted by atomic mass is 79.9. The molecule has 1 heterocycles. The van der Waals surface area contributed by atoms with E-state index in [1.54, 1.807) is 0 Å². The average Bonchev–Trinajstić information content (AvgIpc) is 2.42. The maximum absolute atomic E-state index is 5.68. The van der Waals surface area contributed by atoms with Crippen molar-refractivity contribution >= 4 is 27.0 Å². The van der Waals surface area contributed by atoms with E-state index < -0.39 is 0 Å². The monoisotopic (exact) mass is 267 g/mol. The molecule has 80 valence electrons. The molecule has 0 amide bonds. The minimum absolute atomic E-state index is 0.206. The third kappa shape index (κ3) is 2.59. The lowest BCUT2D eigenvalue weighted by molar-refractivity contribution is 0.362. The zero-order valence-electron chi connectivity index (χ0n) is 9.17. The molecule has 0 aliphatic heterocycles. The Bertz CT molecular complexity index is 482. The van der Waals surface area contributed by atoms with Crippen LogP contribution in [0.15, 0.2) is 27.1 Å². The van der Waals surface area contributed by atoms with Gasteiger partial charge in [0.15, 0.2) is 11.5 Å². The first-order chi connectivity index (χ1) is 6.94. The number of aromatic nitrogens is 1. The van der Waals surface area contributed by atoms with Gasteiger partial charge in [-0.25, -0.2) is 4.98 Å². The molecule has 0 saturated carbocycles. The lowest BCUT2D eigenvalue weighted by Gasteiger charge is -2.14. The van der Waals surface area contributed by atoms with Crippen LogP contribution in [0.25, 0.3) is 11.1 Å². The first-order valence-corrected chi connectivity index (χ1v) is 5.78. The Morgan fingerprint density at radius 2 is 2.07 bits per heavy atom. The van der Waals surface area contributed by atoms with Crippen LogP contribution in [0, 0.1) is 5.41 Å². The fraction of sp³-hybridized carbons (Fsp3) is 0.417. The Labute approximate surface area is 97.8 Å². The highest BCUT2D eigenvalue weighted by molar-refractivity contribution is 9.10. The highest BCUT2D eigenvalue weighted by Gasteiger charge is 2.15. The summed E-state index contributed by atoms with van der Waals surface area (Å²) < 4.78 is 6.71. The van der Waals surface area contributed by atoms with E-state index >= 15 is 0 Å². The van der Waals surface area contributed by atoms with Crippen LogP contribution < -0.4 is 0 Å². The van der Waals surface area contributed by atoms with Crippen LogP contribution in [0.5, 0.6) is 0 Å². The summed E-state index contributed by atoms with van der Waals surface area (Å²) >= 11 is 3.42. The summed E-state index contributed by atoms with van der Waals surface area (Å²) in [6, 6.07) is 5.90. The Balaban J connectivity index is 2.39. The van der Waals surface area contributed by atoms with Crippen molar-refractivity contribution < 1.29 is 4.42 Å². The van der Waals surface area contributed by atoms with Crippen molar-refractivity contribution in [3.8, 4) is 0 Å². The molecule has 0 spiro atoms. The molecule has 15 heavy (non-hydrogen) atoms. The smallest absolute Gasteiger partial charge is 0.195 e. The van der Waals surface area contributed by atoms with Crippen molar-refractivity contribution in [2.75, 3.05) is 0 Å². The van der Waals surface area contributed by atoms with Gasteiger partial charge in [0.05, 0.1) is 0 Å². The number of rotatable bonds is 1. The SMILES string of the molecule is CC(C)(C)Cc1nc2ccc(Br)cc2o1. The van der Waals surface area contributed by atoms with Gasteiger partial charge in [-0.2, -0.15) is 0 Å². The molecule has 2 aromatic rings. The molecule has 0 atom stereocenters. The summed E-state index contributed by atoms with van der Waals surface area (Å²) in [5, 5.41) is 0. The maximum atomic E-state index is 5.68. The van der Waals surface area contributed by atoms with Crippen molar-refractivity contribution in [2.24, 2.45) is 5.41 Å². The van der Waals surface area contributed by atoms with E-state index in [2.05, 4.69) is 41.7 Å². The van der Waals surface area contributed by atoms with Crippen LogP contribution in [0.1, 0.15) is 26.7 Å². The molecule has 2 nitrogen and oxygen atoms in total. The van der Waals surface area contributed by atoms with Crippen molar-refractivity contribution in [2.45, 2.75) is 27.2 Å². The van der Waals surface area contributed by atoms with Crippen LogP contribution >= 0.6 is 15.9 Å². The zero-order chi connectivity index (χ0) is 11.1. The quantitative estimate of drug-likeness (QED) is 0.775. The highest BCUT2D eigenvalue weighted by Crippen LogP contribution is 2.25. The van der Waals surface area contributed by atoms with Crippen LogP contribution in [0.2, 0.25) is 0 Å². The van der Waals surface area contributed by atoms with E-state index in [1.165, 1.54) is 0 Å². The van der Waals surface area contributed by atoms with Crippen molar-refractivity contribution in [3.05, 3.63) is 28.6 Å². The molecule has 1 aromatic carbocycles. The van der Waals surface area contributed by atoms with Crippen LogP contribution in [-0.2, 0) is 6.42 Å². The van der Waals surface area contributed by atoms with E-state index in [0.29, 0.717) is 0 Å². The summed E-state index contributed by atoms with van der Waals surface area (Å²) in [6.45, 7) is 6.54. The minimum atomic E-state index is 0.206. The molecule has 0 aliphatic carbocycles. The van der Waals surface area contributed by atoms with Crippen molar-refractivity contribution in [1.29, 1.82) is 0 Å². The molecule has 0 fully saturated rings. The van der Waals surface area contributed by atoms with Gasteiger partial charge in [0.2, 0.25) is 0 Å². The largest absolute Gasteiger partial charge is 0.441 e. The summed E-state index contributed by atoms with van der Waals surface area (Å²) in [5.74, 6) is 0.815. The molecule has 0 N–H and O–H groups in total. The minimum Gasteiger partial charge on any atom is -0.441 e. The second-order valence-electron chi connectivity index (χ2n) is 4.96. The van der Waals surface area contributed by atoms with Gasteiger partial charge in [-0.15, -0.1) is 0 Å². The number of fused-ring (bicyclic) bond motifs is 1. The molecular weight excluding hydrogens is 254 g/mol. The number of oxazole rings is 1. The van der Waals surface area contributed by atoms with Gasteiger partial charge in [-0.3, -0.25) is 0 Å². The first-order valence-electron chi connectivity index (χ1n) is 4.99. The first kappa shape index (κ1) is 10.7. The van der Waals surface area contributed by atoms with E-state index in [4.69, 9.17) is 4.42 Å². The molecule has 0 radical (unpaired) electrons. The molecule has 0 saturated heterocycles. The number of halogens is 1. The van der Waals surface area contributed by atoms with E-state index in [1.807, 2.05) is 18.2 Å². The number of hydrogen-bond acceptors (Lipinski definition) is 2. The lowest BCUT2D eigenvalue weighted by atomic mass is 9.92. The van der Waals surface area contributed by atoms with Gasteiger partial charge in [0.25, 0.3) is 0 Å². The number of benzene rings is 1. The molecule has 1 aromatic heterocycles. The standard InChI is InChI=1S/C12H14BrNO/c1-12(2,3)7-11-14-9-5-4-8(13)6-10(9)15-11/h4-6H,7H2,1-3H3. The van der Waals surface area contributed by atoms with Crippen LogP contribution in [0.4, 0.5) is 0 Å². The third-order valence-electron chi connectivity index (χ3n) is 2.08. The number of nitrogens with zero attached hydrogens (tertiary/aromatic N) is 1. The molecule has 0 unspecified atom stereocenters. The van der Waals surface area contributed by atoms with Gasteiger partial charge in [-0.05, 0) is 23.6 Å². The van der Waals surface area contributed by atoms with Crippen molar-refractivity contribution in [3.63, 3.8) is 0 Å². The molecule has 2 rings (SSSR count). The molecule has 0 aliphatic rings. The Hall–Kier alpha value is -0.830. The topological polar surface area (TPSA) is 26.0 Å². The van der Waals surface area contributed by atoms with Crippen LogP contribution in [0.3, 0.4) is 0 Å². The predicted octanol–water partition coefficient (Wildman–Crippen LogP) is 4.18. The fourth-order valence-electron chi connectivity index (χ4n) is 1.48. The summed E-state index contributed by atoms with van der Waals surface area (Å²) in [5.41, 5.74) is 1.99. The Kier molecular flexibility index (Phi) is 2.59. The van der Waals surface area contributed by atoms with E-state index in [-0.39, 0.29) is 5.41 Å². The van der Waals surface area contributed by atoms with Gasteiger partial charge in [0, 0.05) is 10.9 Å². The Morgan fingerprint density at radius 3 is 2.73 bits per heavy atom. The van der Waals surface area contributed by atoms with Gasteiger partial charge >= 0.3 is 0 Å². The Morgan fingerprint density at radius 1 is 1.33 bits per heavy atom. The van der Waals surface area contributed by atoms with Crippen LogP contribution in [-0.4, -0.2) is 4.98 Å². The van der Waals surface area contributed by atoms with Gasteiger partial charge < -0.3 is 4.42 Å². The average molecular weight is 268 g/mol. The second kappa shape index (κ2) is 3.63. The summed E-state index contributed by atoms with van der Waals surface area (Å²) in [4.78, 5) is 4.45. The maximum Gasteiger partial charge on any atom is 0.195 e. The predicted molar refractivity (Wildman–Crippen MR) is 64.9 cm³/mol.